The molecule has 1 rings (SSSR count). The molecule has 0 saturated carbocycles. The zero-order valence-corrected chi connectivity index (χ0v) is 10.3. The Labute approximate surface area is 97.2 Å². The van der Waals surface area contributed by atoms with Crippen LogP contribution in [0.1, 0.15) is 10.4 Å². The maximum atomic E-state index is 10.8. The van der Waals surface area contributed by atoms with Crippen LogP contribution >= 0.6 is 31.9 Å². The Morgan fingerprint density at radius 2 is 2.07 bits per heavy atom. The predicted octanol–water partition coefficient (Wildman–Crippen LogP) is 2.66. The summed E-state index contributed by atoms with van der Waals surface area (Å²) in [5.74, 6) is -1.22. The molecule has 3 N–H and O–H groups in total. The molecule has 0 saturated heterocycles. The van der Waals surface area contributed by atoms with Crippen molar-refractivity contribution in [3.05, 3.63) is 20.6 Å². The first-order chi connectivity index (χ1) is 6.49. The number of benzene rings is 1. The van der Waals surface area contributed by atoms with Crippen LogP contribution in [0.5, 0.6) is 5.75 Å². The summed E-state index contributed by atoms with van der Waals surface area (Å²) in [7, 11) is 1.54. The van der Waals surface area contributed by atoms with Crippen molar-refractivity contribution in [3.8, 4) is 5.75 Å². The van der Waals surface area contributed by atoms with E-state index in [4.69, 9.17) is 5.11 Å². The van der Waals surface area contributed by atoms with Crippen LogP contribution in [-0.2, 0) is 0 Å². The molecule has 0 radical (unpaired) electrons. The van der Waals surface area contributed by atoms with E-state index in [1.165, 1.54) is 6.07 Å². The standard InChI is InChI=1S/C8H7Br2NO3/c1-11-6-3(8(13)14)2-4(9)5(10)7(6)12/h2,11-12H,1H3,(H,13,14). The van der Waals surface area contributed by atoms with Crippen LogP contribution in [0.2, 0.25) is 0 Å². The molecular weight excluding hydrogens is 318 g/mol. The number of nitrogens with one attached hydrogen (secondary N) is 1. The van der Waals surface area contributed by atoms with E-state index in [0.717, 1.165) is 0 Å². The molecule has 76 valence electrons. The number of carboxylic acid groups (broad SMARTS) is 1. The van der Waals surface area contributed by atoms with E-state index in [1.54, 1.807) is 7.05 Å². The highest BCUT2D eigenvalue weighted by atomic mass is 79.9. The van der Waals surface area contributed by atoms with Gasteiger partial charge >= 0.3 is 5.97 Å². The molecule has 0 unspecified atom stereocenters. The van der Waals surface area contributed by atoms with E-state index in [9.17, 15) is 9.90 Å². The van der Waals surface area contributed by atoms with Gasteiger partial charge in [-0.1, -0.05) is 0 Å². The minimum atomic E-state index is -1.10. The normalized spacial score (nSPS) is 9.93. The molecule has 0 spiro atoms. The molecule has 0 atom stereocenters. The minimum absolute atomic E-state index is 0.0140. The topological polar surface area (TPSA) is 69.6 Å². The van der Waals surface area contributed by atoms with Gasteiger partial charge in [-0.2, -0.15) is 0 Å². The molecule has 0 aliphatic heterocycles. The van der Waals surface area contributed by atoms with Crippen LogP contribution in [0.3, 0.4) is 0 Å². The highest BCUT2D eigenvalue weighted by molar-refractivity contribution is 9.13. The van der Waals surface area contributed by atoms with Gasteiger partial charge in [-0.15, -0.1) is 0 Å². The molecule has 0 heterocycles. The molecule has 14 heavy (non-hydrogen) atoms. The number of halogens is 2. The zero-order chi connectivity index (χ0) is 10.9. The lowest BCUT2D eigenvalue weighted by atomic mass is 10.1. The number of hydrogen-bond donors (Lipinski definition) is 3. The summed E-state index contributed by atoms with van der Waals surface area (Å²) in [6.45, 7) is 0. The van der Waals surface area contributed by atoms with Crippen molar-refractivity contribution in [2.24, 2.45) is 0 Å². The summed E-state index contributed by atoms with van der Waals surface area (Å²) in [6.07, 6.45) is 0. The van der Waals surface area contributed by atoms with Crippen molar-refractivity contribution < 1.29 is 15.0 Å². The number of anilines is 1. The van der Waals surface area contributed by atoms with Crippen molar-refractivity contribution in [1.29, 1.82) is 0 Å². The number of aromatic carboxylic acids is 1. The SMILES string of the molecule is CNc1c(C(=O)O)cc(Br)c(Br)c1O. The maximum absolute atomic E-state index is 10.8. The fraction of sp³-hybridized carbons (Fsp3) is 0.125. The first-order valence-electron chi connectivity index (χ1n) is 3.61. The average molecular weight is 325 g/mol. The van der Waals surface area contributed by atoms with Gasteiger partial charge in [-0.3, -0.25) is 0 Å². The number of phenolic OH excluding ortho intramolecular Hbond substituents is 1. The summed E-state index contributed by atoms with van der Waals surface area (Å²) >= 11 is 6.25. The van der Waals surface area contributed by atoms with Crippen LogP contribution in [0.15, 0.2) is 15.0 Å². The van der Waals surface area contributed by atoms with E-state index in [1.807, 2.05) is 0 Å². The molecule has 0 amide bonds. The van der Waals surface area contributed by atoms with Crippen molar-refractivity contribution in [2.75, 3.05) is 12.4 Å². The summed E-state index contributed by atoms with van der Waals surface area (Å²) in [4.78, 5) is 10.8. The second-order valence-corrected chi connectivity index (χ2v) is 4.15. The number of phenols is 1. The molecule has 1 aromatic carbocycles. The number of aromatic hydroxyl groups is 1. The van der Waals surface area contributed by atoms with Gasteiger partial charge in [0.1, 0.15) is 0 Å². The molecule has 6 heteroatoms. The van der Waals surface area contributed by atoms with Crippen LogP contribution < -0.4 is 5.32 Å². The monoisotopic (exact) mass is 323 g/mol. The molecule has 1 aromatic rings. The Hall–Kier alpha value is -0.750. The van der Waals surface area contributed by atoms with Gasteiger partial charge < -0.3 is 15.5 Å². The Bertz CT molecular complexity index is 393. The Morgan fingerprint density at radius 3 is 2.50 bits per heavy atom. The maximum Gasteiger partial charge on any atom is 0.337 e. The highest BCUT2D eigenvalue weighted by Gasteiger charge is 2.18. The van der Waals surface area contributed by atoms with Crippen molar-refractivity contribution in [2.45, 2.75) is 0 Å². The quantitative estimate of drug-likeness (QED) is 0.731. The number of carboxylic acids is 1. The Morgan fingerprint density at radius 1 is 1.50 bits per heavy atom. The van der Waals surface area contributed by atoms with E-state index < -0.39 is 5.97 Å². The van der Waals surface area contributed by atoms with E-state index >= 15 is 0 Å². The summed E-state index contributed by atoms with van der Waals surface area (Å²) in [5.41, 5.74) is 0.202. The third-order valence-electron chi connectivity index (χ3n) is 1.68. The van der Waals surface area contributed by atoms with Gasteiger partial charge in [0, 0.05) is 11.5 Å². The predicted molar refractivity (Wildman–Crippen MR) is 60.0 cm³/mol. The van der Waals surface area contributed by atoms with Crippen LogP contribution in [0, 0.1) is 0 Å². The third kappa shape index (κ3) is 1.85. The van der Waals surface area contributed by atoms with Gasteiger partial charge in [-0.05, 0) is 37.9 Å². The number of hydrogen-bond acceptors (Lipinski definition) is 3. The Kier molecular flexibility index (Phi) is 3.38. The molecule has 4 nitrogen and oxygen atoms in total. The lowest BCUT2D eigenvalue weighted by Crippen LogP contribution is -2.03. The van der Waals surface area contributed by atoms with Gasteiger partial charge in [0.2, 0.25) is 0 Å². The van der Waals surface area contributed by atoms with Gasteiger partial charge in [-0.25, -0.2) is 4.79 Å². The average Bonchev–Trinajstić information content (AvgIpc) is 2.13. The van der Waals surface area contributed by atoms with Crippen LogP contribution in [0.4, 0.5) is 5.69 Å². The Balaban J connectivity index is 3.51. The van der Waals surface area contributed by atoms with Gasteiger partial charge in [0.15, 0.2) is 5.75 Å². The molecule has 0 aromatic heterocycles. The lowest BCUT2D eigenvalue weighted by Gasteiger charge is -2.10. The van der Waals surface area contributed by atoms with Crippen LogP contribution in [0.25, 0.3) is 0 Å². The molecule has 0 bridgehead atoms. The molecule has 0 aliphatic carbocycles. The van der Waals surface area contributed by atoms with Crippen LogP contribution in [-0.4, -0.2) is 23.2 Å². The fourth-order valence-corrected chi connectivity index (χ4v) is 1.76. The van der Waals surface area contributed by atoms with E-state index in [0.29, 0.717) is 8.95 Å². The summed E-state index contributed by atoms with van der Waals surface area (Å²) in [6, 6.07) is 1.41. The largest absolute Gasteiger partial charge is 0.505 e. The second kappa shape index (κ2) is 4.18. The lowest BCUT2D eigenvalue weighted by molar-refractivity contribution is 0.0697. The third-order valence-corrected chi connectivity index (χ3v) is 3.64. The van der Waals surface area contributed by atoms with Gasteiger partial charge in [0.05, 0.1) is 15.7 Å². The first-order valence-corrected chi connectivity index (χ1v) is 5.19. The van der Waals surface area contributed by atoms with Crippen molar-refractivity contribution >= 4 is 43.5 Å². The zero-order valence-electron chi connectivity index (χ0n) is 7.14. The first kappa shape index (κ1) is 11.3. The van der Waals surface area contributed by atoms with E-state index in [-0.39, 0.29) is 17.0 Å². The molecular formula is C8H7Br2NO3. The van der Waals surface area contributed by atoms with E-state index in [2.05, 4.69) is 37.2 Å². The smallest absolute Gasteiger partial charge is 0.337 e. The summed E-state index contributed by atoms with van der Waals surface area (Å²) in [5, 5.41) is 21.1. The highest BCUT2D eigenvalue weighted by Crippen LogP contribution is 2.40. The number of rotatable bonds is 2. The second-order valence-electron chi connectivity index (χ2n) is 2.50. The van der Waals surface area contributed by atoms with Crippen molar-refractivity contribution in [3.63, 3.8) is 0 Å². The minimum Gasteiger partial charge on any atom is -0.505 e. The number of carbonyl (C=O) groups is 1. The van der Waals surface area contributed by atoms with Gasteiger partial charge in [0.25, 0.3) is 0 Å². The fourth-order valence-electron chi connectivity index (χ4n) is 1.03. The van der Waals surface area contributed by atoms with Crippen molar-refractivity contribution in [1.82, 2.24) is 0 Å². The molecule has 0 fully saturated rings. The summed E-state index contributed by atoms with van der Waals surface area (Å²) < 4.78 is 0.915. The molecule has 0 aliphatic rings.